The Bertz CT molecular complexity index is 317. The molecule has 0 bridgehead atoms. The predicted molar refractivity (Wildman–Crippen MR) is 47.3 cm³/mol. The molecule has 0 aliphatic heterocycles. The number of carboxylic acid groups (broad SMARTS) is 1. The molecule has 14 heavy (non-hydrogen) atoms. The summed E-state index contributed by atoms with van der Waals surface area (Å²) in [6.45, 7) is -0.328. The maximum absolute atomic E-state index is 11.7. The molecule has 0 aliphatic carbocycles. The molecule has 0 aliphatic rings. The average Bonchev–Trinajstić information content (AvgIpc) is 2.19. The highest BCUT2D eigenvalue weighted by Gasteiger charge is 2.10. The molecule has 1 aromatic rings. The fourth-order valence-electron chi connectivity index (χ4n) is 0.908. The molecule has 4 nitrogen and oxygen atoms in total. The highest BCUT2D eigenvalue weighted by molar-refractivity contribution is 5.90. The van der Waals surface area contributed by atoms with Gasteiger partial charge in [0.1, 0.15) is 5.56 Å². The number of nitrogens with zero attached hydrogens (tertiary/aromatic N) is 1. The standard InChI is InChI=1S/C9H10FNO3/c10-3-1-5-14-8-6-11-4-2-7(8)9(12)13/h2,4,6H,1,3,5H2,(H,12,13). The summed E-state index contributed by atoms with van der Waals surface area (Å²) in [6.07, 6.45) is 2.92. The van der Waals surface area contributed by atoms with Crippen LogP contribution in [0.3, 0.4) is 0 Å². The Labute approximate surface area is 80.3 Å². The molecule has 0 aromatic carbocycles. The topological polar surface area (TPSA) is 59.4 Å². The van der Waals surface area contributed by atoms with Gasteiger partial charge in [0.2, 0.25) is 0 Å². The summed E-state index contributed by atoms with van der Waals surface area (Å²) in [5.74, 6) is -0.906. The van der Waals surface area contributed by atoms with Crippen LogP contribution in [0.15, 0.2) is 18.5 Å². The van der Waals surface area contributed by atoms with Crippen LogP contribution in [-0.4, -0.2) is 29.3 Å². The third kappa shape index (κ3) is 2.69. The molecule has 1 N–H and O–H groups in total. The zero-order chi connectivity index (χ0) is 10.4. The first kappa shape index (κ1) is 10.4. The summed E-state index contributed by atoms with van der Waals surface area (Å²) in [7, 11) is 0. The van der Waals surface area contributed by atoms with E-state index < -0.39 is 12.6 Å². The van der Waals surface area contributed by atoms with Gasteiger partial charge in [0.25, 0.3) is 0 Å². The number of carboxylic acids is 1. The van der Waals surface area contributed by atoms with Gasteiger partial charge in [-0.15, -0.1) is 0 Å². The monoisotopic (exact) mass is 199 g/mol. The van der Waals surface area contributed by atoms with E-state index >= 15 is 0 Å². The maximum atomic E-state index is 11.7. The van der Waals surface area contributed by atoms with Gasteiger partial charge in [-0.3, -0.25) is 9.37 Å². The van der Waals surface area contributed by atoms with E-state index in [2.05, 4.69) is 4.98 Å². The molecule has 0 saturated heterocycles. The molecular weight excluding hydrogens is 189 g/mol. The molecule has 1 aromatic heterocycles. The number of carbonyl (C=O) groups is 1. The van der Waals surface area contributed by atoms with E-state index in [-0.39, 0.29) is 24.3 Å². The van der Waals surface area contributed by atoms with Gasteiger partial charge in [-0.25, -0.2) is 4.79 Å². The lowest BCUT2D eigenvalue weighted by Crippen LogP contribution is -2.05. The van der Waals surface area contributed by atoms with E-state index in [1.165, 1.54) is 18.5 Å². The van der Waals surface area contributed by atoms with Crippen LogP contribution < -0.4 is 4.74 Å². The normalized spacial score (nSPS) is 9.79. The van der Waals surface area contributed by atoms with E-state index in [0.29, 0.717) is 0 Å². The molecule has 0 amide bonds. The third-order valence-corrected chi connectivity index (χ3v) is 1.55. The Morgan fingerprint density at radius 1 is 1.64 bits per heavy atom. The maximum Gasteiger partial charge on any atom is 0.339 e. The molecule has 76 valence electrons. The van der Waals surface area contributed by atoms with Crippen molar-refractivity contribution in [3.8, 4) is 5.75 Å². The summed E-state index contributed by atoms with van der Waals surface area (Å²) >= 11 is 0. The minimum Gasteiger partial charge on any atom is -0.491 e. The fraction of sp³-hybridized carbons (Fsp3) is 0.333. The minimum absolute atomic E-state index is 0.0406. The van der Waals surface area contributed by atoms with Crippen molar-refractivity contribution in [2.24, 2.45) is 0 Å². The SMILES string of the molecule is O=C(O)c1ccncc1OCCCF. The van der Waals surface area contributed by atoms with Crippen molar-refractivity contribution in [1.29, 1.82) is 0 Å². The molecular formula is C9H10FNO3. The van der Waals surface area contributed by atoms with Crippen LogP contribution in [0.2, 0.25) is 0 Å². The lowest BCUT2D eigenvalue weighted by atomic mass is 10.2. The molecule has 0 spiro atoms. The Hall–Kier alpha value is -1.65. The van der Waals surface area contributed by atoms with Crippen molar-refractivity contribution in [2.45, 2.75) is 6.42 Å². The minimum atomic E-state index is -1.08. The second kappa shape index (κ2) is 5.16. The molecule has 0 radical (unpaired) electrons. The molecule has 0 fully saturated rings. The highest BCUT2D eigenvalue weighted by Crippen LogP contribution is 2.16. The lowest BCUT2D eigenvalue weighted by molar-refractivity contribution is 0.0692. The number of hydrogen-bond acceptors (Lipinski definition) is 3. The van der Waals surface area contributed by atoms with Gasteiger partial charge in [-0.05, 0) is 6.07 Å². The second-order valence-corrected chi connectivity index (χ2v) is 2.57. The highest BCUT2D eigenvalue weighted by atomic mass is 19.1. The first-order valence-corrected chi connectivity index (χ1v) is 4.11. The van der Waals surface area contributed by atoms with Crippen molar-refractivity contribution >= 4 is 5.97 Å². The van der Waals surface area contributed by atoms with Crippen LogP contribution in [0.4, 0.5) is 4.39 Å². The summed E-state index contributed by atoms with van der Waals surface area (Å²) in [5.41, 5.74) is 0.0406. The number of aromatic nitrogens is 1. The first-order chi connectivity index (χ1) is 6.75. The van der Waals surface area contributed by atoms with Crippen LogP contribution in [-0.2, 0) is 0 Å². The summed E-state index contributed by atoms with van der Waals surface area (Å²) in [6, 6.07) is 1.34. The molecule has 1 heterocycles. The van der Waals surface area contributed by atoms with Gasteiger partial charge in [-0.2, -0.15) is 0 Å². The third-order valence-electron chi connectivity index (χ3n) is 1.55. The molecule has 5 heteroatoms. The Kier molecular flexibility index (Phi) is 3.84. The number of rotatable bonds is 5. The van der Waals surface area contributed by atoms with Crippen LogP contribution in [0.1, 0.15) is 16.8 Å². The fourth-order valence-corrected chi connectivity index (χ4v) is 0.908. The molecule has 0 atom stereocenters. The van der Waals surface area contributed by atoms with Gasteiger partial charge in [0.15, 0.2) is 5.75 Å². The molecule has 0 saturated carbocycles. The summed E-state index contributed by atoms with van der Waals surface area (Å²) < 4.78 is 16.8. The van der Waals surface area contributed by atoms with Crippen molar-refractivity contribution in [3.63, 3.8) is 0 Å². The van der Waals surface area contributed by atoms with E-state index in [1.807, 2.05) is 0 Å². The van der Waals surface area contributed by atoms with Gasteiger partial charge >= 0.3 is 5.97 Å². The van der Waals surface area contributed by atoms with Gasteiger partial charge in [0, 0.05) is 12.6 Å². The van der Waals surface area contributed by atoms with E-state index in [4.69, 9.17) is 9.84 Å². The number of aromatic carboxylic acids is 1. The van der Waals surface area contributed by atoms with Crippen LogP contribution >= 0.6 is 0 Å². The van der Waals surface area contributed by atoms with Crippen LogP contribution in [0, 0.1) is 0 Å². The summed E-state index contributed by atoms with van der Waals surface area (Å²) in [4.78, 5) is 14.4. The lowest BCUT2D eigenvalue weighted by Gasteiger charge is -2.06. The van der Waals surface area contributed by atoms with Gasteiger partial charge < -0.3 is 9.84 Å². The van der Waals surface area contributed by atoms with E-state index in [9.17, 15) is 9.18 Å². The predicted octanol–water partition coefficient (Wildman–Crippen LogP) is 1.52. The average molecular weight is 199 g/mol. The van der Waals surface area contributed by atoms with Crippen molar-refractivity contribution in [2.75, 3.05) is 13.3 Å². The smallest absolute Gasteiger partial charge is 0.339 e. The number of ether oxygens (including phenoxy) is 1. The summed E-state index contributed by atoms with van der Waals surface area (Å²) in [5, 5.41) is 8.74. The van der Waals surface area contributed by atoms with Crippen LogP contribution in [0.25, 0.3) is 0 Å². The number of hydrogen-bond donors (Lipinski definition) is 1. The number of alkyl halides is 1. The second-order valence-electron chi connectivity index (χ2n) is 2.57. The van der Waals surface area contributed by atoms with Crippen molar-refractivity contribution < 1.29 is 19.0 Å². The molecule has 1 rings (SSSR count). The number of pyridine rings is 1. The van der Waals surface area contributed by atoms with Crippen molar-refractivity contribution in [3.05, 3.63) is 24.0 Å². The Balaban J connectivity index is 2.69. The van der Waals surface area contributed by atoms with E-state index in [1.54, 1.807) is 0 Å². The zero-order valence-electron chi connectivity index (χ0n) is 7.44. The quantitative estimate of drug-likeness (QED) is 0.730. The van der Waals surface area contributed by atoms with Crippen molar-refractivity contribution in [1.82, 2.24) is 4.98 Å². The number of halogens is 1. The Morgan fingerprint density at radius 3 is 3.07 bits per heavy atom. The molecule has 0 unspecified atom stereocenters. The zero-order valence-corrected chi connectivity index (χ0v) is 7.44. The van der Waals surface area contributed by atoms with Gasteiger partial charge in [-0.1, -0.05) is 0 Å². The Morgan fingerprint density at radius 2 is 2.43 bits per heavy atom. The largest absolute Gasteiger partial charge is 0.491 e. The van der Waals surface area contributed by atoms with Crippen LogP contribution in [0.5, 0.6) is 5.75 Å². The van der Waals surface area contributed by atoms with E-state index in [0.717, 1.165) is 0 Å². The van der Waals surface area contributed by atoms with Gasteiger partial charge in [0.05, 0.1) is 19.5 Å². The first-order valence-electron chi connectivity index (χ1n) is 4.11.